The van der Waals surface area contributed by atoms with Crippen molar-refractivity contribution < 1.29 is 14.3 Å². The Balaban J connectivity index is 2.25. The fourth-order valence-electron chi connectivity index (χ4n) is 2.66. The van der Waals surface area contributed by atoms with Crippen LogP contribution in [0.1, 0.15) is 41.6 Å². The number of benzene rings is 1. The second-order valence-electron chi connectivity index (χ2n) is 5.14. The van der Waals surface area contributed by atoms with E-state index in [1.54, 1.807) is 11.8 Å². The summed E-state index contributed by atoms with van der Waals surface area (Å²) in [7, 11) is 0. The molecule has 1 N–H and O–H groups in total. The van der Waals surface area contributed by atoms with Gasteiger partial charge in [0, 0.05) is 12.1 Å². The van der Waals surface area contributed by atoms with Crippen molar-refractivity contribution in [2.45, 2.75) is 38.6 Å². The highest BCUT2D eigenvalue weighted by Crippen LogP contribution is 2.21. The highest BCUT2D eigenvalue weighted by Gasteiger charge is 2.26. The molecule has 1 heterocycles. The SMILES string of the molecule is Cc1cc(F)ccc1C(=O)N1CCCCCC1CO. The van der Waals surface area contributed by atoms with E-state index in [1.807, 2.05) is 0 Å². The summed E-state index contributed by atoms with van der Waals surface area (Å²) in [5, 5.41) is 9.44. The van der Waals surface area contributed by atoms with Gasteiger partial charge in [-0.15, -0.1) is 0 Å². The summed E-state index contributed by atoms with van der Waals surface area (Å²) in [6, 6.07) is 4.11. The van der Waals surface area contributed by atoms with E-state index in [2.05, 4.69) is 0 Å². The van der Waals surface area contributed by atoms with E-state index in [-0.39, 0.29) is 24.4 Å². The summed E-state index contributed by atoms with van der Waals surface area (Å²) in [6.07, 6.45) is 3.92. The zero-order valence-electron chi connectivity index (χ0n) is 11.2. The first-order valence-corrected chi connectivity index (χ1v) is 6.81. The van der Waals surface area contributed by atoms with E-state index in [0.29, 0.717) is 17.7 Å². The van der Waals surface area contributed by atoms with Crippen LogP contribution in [0, 0.1) is 12.7 Å². The number of nitrogens with zero attached hydrogens (tertiary/aromatic N) is 1. The minimum atomic E-state index is -0.330. The maximum absolute atomic E-state index is 13.1. The van der Waals surface area contributed by atoms with Crippen molar-refractivity contribution in [3.05, 3.63) is 35.1 Å². The molecular formula is C15H20FNO2. The third-order valence-electron chi connectivity index (χ3n) is 3.77. The van der Waals surface area contributed by atoms with Crippen LogP contribution in [0.2, 0.25) is 0 Å². The van der Waals surface area contributed by atoms with Gasteiger partial charge in [0.1, 0.15) is 5.82 Å². The maximum Gasteiger partial charge on any atom is 0.254 e. The topological polar surface area (TPSA) is 40.5 Å². The molecule has 3 nitrogen and oxygen atoms in total. The summed E-state index contributed by atoms with van der Waals surface area (Å²) < 4.78 is 13.1. The van der Waals surface area contributed by atoms with Gasteiger partial charge < -0.3 is 10.0 Å². The molecule has 19 heavy (non-hydrogen) atoms. The highest BCUT2D eigenvalue weighted by molar-refractivity contribution is 5.95. The molecule has 1 aromatic rings. The largest absolute Gasteiger partial charge is 0.394 e. The van der Waals surface area contributed by atoms with Crippen molar-refractivity contribution in [3.8, 4) is 0 Å². The van der Waals surface area contributed by atoms with Crippen LogP contribution >= 0.6 is 0 Å². The lowest BCUT2D eigenvalue weighted by Crippen LogP contribution is -2.42. The van der Waals surface area contributed by atoms with E-state index < -0.39 is 0 Å². The fourth-order valence-corrected chi connectivity index (χ4v) is 2.66. The fraction of sp³-hybridized carbons (Fsp3) is 0.533. The standard InChI is InChI=1S/C15H20FNO2/c1-11-9-12(16)6-7-14(11)15(19)17-8-4-2-3-5-13(17)10-18/h6-7,9,13,18H,2-5,8,10H2,1H3. The Bertz CT molecular complexity index is 461. The van der Waals surface area contributed by atoms with Crippen LogP contribution in [0.4, 0.5) is 4.39 Å². The minimum absolute atomic E-state index is 0.00795. The van der Waals surface area contributed by atoms with Gasteiger partial charge in [0.15, 0.2) is 0 Å². The molecule has 0 spiro atoms. The summed E-state index contributed by atoms with van der Waals surface area (Å²) in [5.74, 6) is -0.429. The number of carbonyl (C=O) groups is 1. The number of amides is 1. The summed E-state index contributed by atoms with van der Waals surface area (Å²) >= 11 is 0. The van der Waals surface area contributed by atoms with E-state index in [1.165, 1.54) is 18.2 Å². The van der Waals surface area contributed by atoms with Crippen molar-refractivity contribution in [2.24, 2.45) is 0 Å². The molecule has 0 bridgehead atoms. The average Bonchev–Trinajstić information content (AvgIpc) is 2.63. The molecule has 2 rings (SSSR count). The molecule has 104 valence electrons. The van der Waals surface area contributed by atoms with Gasteiger partial charge in [-0.2, -0.15) is 0 Å². The molecule has 0 radical (unpaired) electrons. The Morgan fingerprint density at radius 1 is 1.42 bits per heavy atom. The van der Waals surface area contributed by atoms with E-state index in [0.717, 1.165) is 25.7 Å². The van der Waals surface area contributed by atoms with Gasteiger partial charge in [-0.05, 0) is 43.5 Å². The van der Waals surface area contributed by atoms with Crippen molar-refractivity contribution in [1.82, 2.24) is 4.90 Å². The molecule has 1 aliphatic rings. The number of carbonyl (C=O) groups excluding carboxylic acids is 1. The summed E-state index contributed by atoms with van der Waals surface area (Å²) in [6.45, 7) is 2.40. The number of aryl methyl sites for hydroxylation is 1. The smallest absolute Gasteiger partial charge is 0.254 e. The molecule has 1 saturated heterocycles. The van der Waals surface area contributed by atoms with Crippen LogP contribution in [-0.4, -0.2) is 35.1 Å². The Morgan fingerprint density at radius 2 is 2.21 bits per heavy atom. The van der Waals surface area contributed by atoms with Crippen LogP contribution in [0.3, 0.4) is 0 Å². The van der Waals surface area contributed by atoms with Gasteiger partial charge in [0.25, 0.3) is 5.91 Å². The van der Waals surface area contributed by atoms with Gasteiger partial charge in [-0.25, -0.2) is 4.39 Å². The average molecular weight is 265 g/mol. The molecule has 1 unspecified atom stereocenters. The van der Waals surface area contributed by atoms with E-state index >= 15 is 0 Å². The van der Waals surface area contributed by atoms with Crippen molar-refractivity contribution in [3.63, 3.8) is 0 Å². The van der Waals surface area contributed by atoms with Gasteiger partial charge in [0.2, 0.25) is 0 Å². The van der Waals surface area contributed by atoms with Gasteiger partial charge in [0.05, 0.1) is 12.6 Å². The molecule has 1 aromatic carbocycles. The second-order valence-corrected chi connectivity index (χ2v) is 5.14. The van der Waals surface area contributed by atoms with Gasteiger partial charge in [-0.1, -0.05) is 12.8 Å². The highest BCUT2D eigenvalue weighted by atomic mass is 19.1. The maximum atomic E-state index is 13.1. The monoisotopic (exact) mass is 265 g/mol. The van der Waals surface area contributed by atoms with Crippen LogP contribution in [-0.2, 0) is 0 Å². The van der Waals surface area contributed by atoms with E-state index in [9.17, 15) is 14.3 Å². The van der Waals surface area contributed by atoms with Crippen LogP contribution in [0.5, 0.6) is 0 Å². The number of hydrogen-bond donors (Lipinski definition) is 1. The Kier molecular flexibility index (Phi) is 4.53. The van der Waals surface area contributed by atoms with Crippen molar-refractivity contribution in [2.75, 3.05) is 13.2 Å². The lowest BCUT2D eigenvalue weighted by molar-refractivity contribution is 0.0599. The van der Waals surface area contributed by atoms with Crippen LogP contribution in [0.15, 0.2) is 18.2 Å². The third kappa shape index (κ3) is 3.13. The Morgan fingerprint density at radius 3 is 2.89 bits per heavy atom. The zero-order valence-corrected chi connectivity index (χ0v) is 11.2. The number of likely N-dealkylation sites (tertiary alicyclic amines) is 1. The van der Waals surface area contributed by atoms with E-state index in [4.69, 9.17) is 0 Å². The third-order valence-corrected chi connectivity index (χ3v) is 3.77. The summed E-state index contributed by atoms with van der Waals surface area (Å²) in [4.78, 5) is 14.3. The van der Waals surface area contributed by atoms with Crippen molar-refractivity contribution in [1.29, 1.82) is 0 Å². The summed E-state index contributed by atoms with van der Waals surface area (Å²) in [5.41, 5.74) is 1.17. The number of aliphatic hydroxyl groups is 1. The minimum Gasteiger partial charge on any atom is -0.394 e. The number of aliphatic hydroxyl groups excluding tert-OH is 1. The zero-order chi connectivity index (χ0) is 13.8. The Labute approximate surface area is 113 Å². The molecule has 1 atom stereocenters. The van der Waals surface area contributed by atoms with Crippen LogP contribution in [0.25, 0.3) is 0 Å². The van der Waals surface area contributed by atoms with Crippen molar-refractivity contribution >= 4 is 5.91 Å². The molecule has 0 aliphatic carbocycles. The molecule has 4 heteroatoms. The van der Waals surface area contributed by atoms with Gasteiger partial charge in [-0.3, -0.25) is 4.79 Å². The normalized spacial score (nSPS) is 20.2. The molecule has 1 amide bonds. The first-order chi connectivity index (χ1) is 9.13. The predicted molar refractivity (Wildman–Crippen MR) is 71.5 cm³/mol. The number of halogens is 1. The first-order valence-electron chi connectivity index (χ1n) is 6.81. The molecular weight excluding hydrogens is 245 g/mol. The lowest BCUT2D eigenvalue weighted by Gasteiger charge is -2.29. The molecule has 1 fully saturated rings. The Hall–Kier alpha value is -1.42. The van der Waals surface area contributed by atoms with Crippen LogP contribution < -0.4 is 0 Å². The molecule has 1 aliphatic heterocycles. The molecule has 0 saturated carbocycles. The second kappa shape index (κ2) is 6.15. The lowest BCUT2D eigenvalue weighted by atomic mass is 10.1. The predicted octanol–water partition coefficient (Wildman–Crippen LogP) is 2.51. The number of rotatable bonds is 2. The number of hydrogen-bond acceptors (Lipinski definition) is 2. The molecule has 0 aromatic heterocycles. The van der Waals surface area contributed by atoms with Gasteiger partial charge >= 0.3 is 0 Å². The first kappa shape index (κ1) is 14.0. The quantitative estimate of drug-likeness (QED) is 0.892.